The van der Waals surface area contributed by atoms with E-state index in [1.165, 1.54) is 83.5 Å². The highest BCUT2D eigenvalue weighted by Gasteiger charge is 2.28. The zero-order valence-corrected chi connectivity index (χ0v) is 32.4. The van der Waals surface area contributed by atoms with Gasteiger partial charge < -0.3 is 25.2 Å². The average Bonchev–Trinajstić information content (AvgIpc) is 3.09. The summed E-state index contributed by atoms with van der Waals surface area (Å²) in [6.45, 7) is 2.75. The van der Waals surface area contributed by atoms with Gasteiger partial charge in [0.25, 0.3) is 0 Å². The molecule has 11 nitrogen and oxygen atoms in total. The van der Waals surface area contributed by atoms with E-state index < -0.39 is 51.1 Å². The highest BCUT2D eigenvalue weighted by atomic mass is 31.2. The van der Waals surface area contributed by atoms with Crippen molar-refractivity contribution in [3.05, 3.63) is 12.2 Å². The normalized spacial score (nSPS) is 14.0. The number of allylic oxidation sites excluding steroid dienone is 2. The number of ether oxygens (including phenoxy) is 2. The molecular formula is C38H72NO10P. The number of carbonyl (C=O) groups excluding carboxylic acids is 2. The average molecular weight is 734 g/mol. The first-order valence-corrected chi connectivity index (χ1v) is 21.2. The van der Waals surface area contributed by atoms with Crippen molar-refractivity contribution in [2.75, 3.05) is 19.8 Å². The predicted molar refractivity (Wildman–Crippen MR) is 199 cm³/mol. The zero-order valence-electron chi connectivity index (χ0n) is 31.5. The Morgan fingerprint density at radius 2 is 1.02 bits per heavy atom. The van der Waals surface area contributed by atoms with Gasteiger partial charge in [-0.3, -0.25) is 23.4 Å². The van der Waals surface area contributed by atoms with Crippen molar-refractivity contribution < 1.29 is 47.5 Å². The van der Waals surface area contributed by atoms with E-state index in [-0.39, 0.29) is 19.4 Å². The molecule has 0 radical (unpaired) electrons. The lowest BCUT2D eigenvalue weighted by Crippen LogP contribution is -2.34. The van der Waals surface area contributed by atoms with Gasteiger partial charge in [0.15, 0.2) is 6.10 Å². The van der Waals surface area contributed by atoms with Crippen molar-refractivity contribution in [1.82, 2.24) is 0 Å². The van der Waals surface area contributed by atoms with Crippen LogP contribution >= 0.6 is 7.82 Å². The Hall–Kier alpha value is -1.78. The molecule has 0 aromatic rings. The van der Waals surface area contributed by atoms with Crippen LogP contribution in [-0.2, 0) is 37.5 Å². The highest BCUT2D eigenvalue weighted by molar-refractivity contribution is 7.47. The number of unbranched alkanes of at least 4 members (excludes halogenated alkanes) is 21. The Morgan fingerprint density at radius 3 is 1.52 bits per heavy atom. The number of rotatable bonds is 37. The summed E-state index contributed by atoms with van der Waals surface area (Å²) in [7, 11) is -4.71. The van der Waals surface area contributed by atoms with Crippen molar-refractivity contribution in [2.45, 2.75) is 193 Å². The molecule has 0 heterocycles. The summed E-state index contributed by atoms with van der Waals surface area (Å²) in [6.07, 6.45) is 31.4. The monoisotopic (exact) mass is 733 g/mol. The number of phosphoric acid groups is 1. The smallest absolute Gasteiger partial charge is 0.472 e. The number of carboxylic acids is 1. The van der Waals surface area contributed by atoms with Gasteiger partial charge in [-0.25, -0.2) is 4.57 Å². The van der Waals surface area contributed by atoms with E-state index in [9.17, 15) is 23.8 Å². The number of phosphoric ester groups is 1. The summed E-state index contributed by atoms with van der Waals surface area (Å²) in [5, 5.41) is 8.85. The maximum absolute atomic E-state index is 12.5. The molecule has 12 heteroatoms. The van der Waals surface area contributed by atoms with E-state index in [2.05, 4.69) is 30.5 Å². The molecule has 0 bridgehead atoms. The molecule has 50 heavy (non-hydrogen) atoms. The fraction of sp³-hybridized carbons (Fsp3) is 0.868. The Balaban J connectivity index is 4.38. The number of aliphatic carboxylic acids is 1. The van der Waals surface area contributed by atoms with Crippen LogP contribution in [0.1, 0.15) is 181 Å². The summed E-state index contributed by atoms with van der Waals surface area (Å²) >= 11 is 0. The third-order valence-corrected chi connectivity index (χ3v) is 9.46. The lowest BCUT2D eigenvalue weighted by atomic mass is 10.0. The molecule has 0 rings (SSSR count). The first-order valence-electron chi connectivity index (χ1n) is 19.7. The number of carboxylic acid groups (broad SMARTS) is 1. The highest BCUT2D eigenvalue weighted by Crippen LogP contribution is 2.43. The van der Waals surface area contributed by atoms with E-state index in [0.717, 1.165) is 57.8 Å². The molecule has 294 valence electrons. The lowest BCUT2D eigenvalue weighted by Gasteiger charge is -2.20. The van der Waals surface area contributed by atoms with Crippen LogP contribution in [-0.4, -0.2) is 59.9 Å². The molecule has 0 amide bonds. The van der Waals surface area contributed by atoms with E-state index in [1.54, 1.807) is 0 Å². The largest absolute Gasteiger partial charge is 0.480 e. The molecule has 0 aromatic carbocycles. The van der Waals surface area contributed by atoms with Gasteiger partial charge in [-0.05, 0) is 32.1 Å². The van der Waals surface area contributed by atoms with Gasteiger partial charge in [-0.1, -0.05) is 148 Å². The minimum Gasteiger partial charge on any atom is -0.480 e. The molecular weight excluding hydrogens is 661 g/mol. The summed E-state index contributed by atoms with van der Waals surface area (Å²) in [5.74, 6) is -2.38. The number of esters is 2. The maximum atomic E-state index is 12.5. The Labute approximate surface area is 303 Å². The molecule has 0 aliphatic carbocycles. The fourth-order valence-electron chi connectivity index (χ4n) is 5.34. The molecule has 0 fully saturated rings. The molecule has 0 spiro atoms. The van der Waals surface area contributed by atoms with Crippen LogP contribution in [0.15, 0.2) is 12.2 Å². The Bertz CT molecular complexity index is 916. The summed E-state index contributed by atoms with van der Waals surface area (Å²) in [6, 6.07) is -1.52. The second-order valence-electron chi connectivity index (χ2n) is 13.4. The Kier molecular flexibility index (Phi) is 33.1. The fourth-order valence-corrected chi connectivity index (χ4v) is 6.12. The van der Waals surface area contributed by atoms with E-state index in [1.807, 2.05) is 0 Å². The SMILES string of the molecule is CCCCC=CCCCCCCCC(=O)O[C@H](COC(=O)CCCCCCCCCCCCCCCCC)COP(=O)(O)OC[C@H](N)C(=O)O. The maximum Gasteiger partial charge on any atom is 0.472 e. The topological polar surface area (TPSA) is 172 Å². The lowest BCUT2D eigenvalue weighted by molar-refractivity contribution is -0.161. The number of hydrogen-bond acceptors (Lipinski definition) is 9. The number of nitrogens with two attached hydrogens (primary N) is 1. The first-order chi connectivity index (χ1) is 24.1. The van der Waals surface area contributed by atoms with E-state index >= 15 is 0 Å². The quantitative estimate of drug-likeness (QED) is 0.0240. The summed E-state index contributed by atoms with van der Waals surface area (Å²) in [4.78, 5) is 45.7. The van der Waals surface area contributed by atoms with Gasteiger partial charge in [-0.2, -0.15) is 0 Å². The van der Waals surface area contributed by atoms with Crippen molar-refractivity contribution in [2.24, 2.45) is 5.73 Å². The second kappa shape index (κ2) is 34.3. The van der Waals surface area contributed by atoms with Crippen LogP contribution in [0, 0.1) is 0 Å². The second-order valence-corrected chi connectivity index (χ2v) is 14.9. The minimum atomic E-state index is -4.71. The number of hydrogen-bond donors (Lipinski definition) is 3. The zero-order chi connectivity index (χ0) is 37.1. The molecule has 0 aliphatic rings. The molecule has 0 saturated heterocycles. The molecule has 0 saturated carbocycles. The molecule has 4 N–H and O–H groups in total. The van der Waals surface area contributed by atoms with Crippen LogP contribution in [0.5, 0.6) is 0 Å². The molecule has 0 aromatic heterocycles. The Morgan fingerprint density at radius 1 is 0.600 bits per heavy atom. The van der Waals surface area contributed by atoms with Crippen LogP contribution < -0.4 is 5.73 Å². The third-order valence-electron chi connectivity index (χ3n) is 8.51. The van der Waals surface area contributed by atoms with Gasteiger partial charge in [0.1, 0.15) is 12.6 Å². The molecule has 0 aliphatic heterocycles. The summed E-state index contributed by atoms with van der Waals surface area (Å²) < 4.78 is 32.5. The van der Waals surface area contributed by atoms with Gasteiger partial charge in [0.05, 0.1) is 13.2 Å². The van der Waals surface area contributed by atoms with Crippen LogP contribution in [0.3, 0.4) is 0 Å². The minimum absolute atomic E-state index is 0.154. The molecule has 3 atom stereocenters. The van der Waals surface area contributed by atoms with Crippen molar-refractivity contribution in [1.29, 1.82) is 0 Å². The van der Waals surface area contributed by atoms with E-state index in [0.29, 0.717) is 12.8 Å². The van der Waals surface area contributed by atoms with Gasteiger partial charge in [0.2, 0.25) is 0 Å². The predicted octanol–water partition coefficient (Wildman–Crippen LogP) is 9.73. The summed E-state index contributed by atoms with van der Waals surface area (Å²) in [5.41, 5.74) is 5.31. The van der Waals surface area contributed by atoms with Gasteiger partial charge >= 0.3 is 25.7 Å². The first kappa shape index (κ1) is 48.2. The van der Waals surface area contributed by atoms with Crippen LogP contribution in [0.25, 0.3) is 0 Å². The van der Waals surface area contributed by atoms with Crippen LogP contribution in [0.2, 0.25) is 0 Å². The van der Waals surface area contributed by atoms with E-state index in [4.69, 9.17) is 24.8 Å². The standard InChI is InChI=1S/C38H72NO10P/c1-3-5-7-9-11-13-15-16-17-18-20-21-23-25-27-29-36(40)46-31-34(32-47-50(44,45)48-33-35(39)38(42)43)49-37(41)30-28-26-24-22-19-14-12-10-8-6-4-2/h10,12,34-35H,3-9,11,13-33,39H2,1-2H3,(H,42,43)(H,44,45)/t34-,35+/m1/s1. The number of carbonyl (C=O) groups is 3. The van der Waals surface area contributed by atoms with Crippen molar-refractivity contribution in [3.63, 3.8) is 0 Å². The van der Waals surface area contributed by atoms with Crippen molar-refractivity contribution in [3.8, 4) is 0 Å². The van der Waals surface area contributed by atoms with Gasteiger partial charge in [-0.15, -0.1) is 0 Å². The van der Waals surface area contributed by atoms with Gasteiger partial charge in [0, 0.05) is 12.8 Å². The molecule has 1 unspecified atom stereocenters. The van der Waals surface area contributed by atoms with Crippen LogP contribution in [0.4, 0.5) is 0 Å². The van der Waals surface area contributed by atoms with Crippen molar-refractivity contribution >= 4 is 25.7 Å². The third kappa shape index (κ3) is 33.4.